The Balaban J connectivity index is 2.77. The molecule has 1 N–H and O–H groups in total. The molecule has 0 spiro atoms. The molecule has 0 unspecified atom stereocenters. The summed E-state index contributed by atoms with van der Waals surface area (Å²) in [4.78, 5) is 6.24. The largest absolute Gasteiger partial charge is 0.357 e. The van der Waals surface area contributed by atoms with Gasteiger partial charge in [-0.1, -0.05) is 29.3 Å². The van der Waals surface area contributed by atoms with Crippen LogP contribution in [0.15, 0.2) is 23.2 Å². The van der Waals surface area contributed by atoms with E-state index in [4.69, 9.17) is 23.2 Å². The first kappa shape index (κ1) is 19.1. The molecule has 0 aliphatic heterocycles. The normalized spacial score (nSPS) is 12.3. The third-order valence-corrected chi connectivity index (χ3v) is 4.49. The van der Waals surface area contributed by atoms with Gasteiger partial charge in [-0.15, -0.1) is 0 Å². The van der Waals surface area contributed by atoms with Crippen LogP contribution in [0.3, 0.4) is 0 Å². The molecule has 0 aromatic heterocycles. The van der Waals surface area contributed by atoms with Gasteiger partial charge in [0, 0.05) is 26.4 Å². The SMILES string of the molecule is CCNC(=NCCS(C)(=O)=O)N(C)Cc1ccc(Cl)c(Cl)c1. The minimum absolute atomic E-state index is 0.0303. The van der Waals surface area contributed by atoms with Gasteiger partial charge in [0.15, 0.2) is 5.96 Å². The van der Waals surface area contributed by atoms with Crippen LogP contribution in [0.5, 0.6) is 0 Å². The van der Waals surface area contributed by atoms with Crippen molar-refractivity contribution in [1.29, 1.82) is 0 Å². The predicted octanol–water partition coefficient (Wildman–Crippen LogP) is 2.44. The summed E-state index contributed by atoms with van der Waals surface area (Å²) in [6.07, 6.45) is 1.20. The average molecular weight is 366 g/mol. The van der Waals surface area contributed by atoms with Crippen molar-refractivity contribution in [3.63, 3.8) is 0 Å². The summed E-state index contributed by atoms with van der Waals surface area (Å²) in [5.74, 6) is 0.680. The summed E-state index contributed by atoms with van der Waals surface area (Å²) in [6, 6.07) is 5.45. The Hall–Kier alpha value is -0.980. The zero-order chi connectivity index (χ0) is 16.8. The highest BCUT2D eigenvalue weighted by Crippen LogP contribution is 2.23. The van der Waals surface area contributed by atoms with E-state index in [0.717, 1.165) is 5.56 Å². The van der Waals surface area contributed by atoms with Gasteiger partial charge in [0.1, 0.15) is 9.84 Å². The maximum atomic E-state index is 11.2. The molecule has 0 saturated carbocycles. The van der Waals surface area contributed by atoms with Crippen molar-refractivity contribution in [2.45, 2.75) is 13.5 Å². The molecule has 1 rings (SSSR count). The van der Waals surface area contributed by atoms with Crippen LogP contribution in [0.1, 0.15) is 12.5 Å². The average Bonchev–Trinajstić information content (AvgIpc) is 2.40. The molecule has 0 radical (unpaired) electrons. The fourth-order valence-corrected chi connectivity index (χ4v) is 2.52. The van der Waals surface area contributed by atoms with Crippen LogP contribution < -0.4 is 5.32 Å². The molecular weight excluding hydrogens is 345 g/mol. The Kier molecular flexibility index (Phi) is 7.45. The van der Waals surface area contributed by atoms with Crippen LogP contribution in [-0.2, 0) is 16.4 Å². The van der Waals surface area contributed by atoms with E-state index in [1.54, 1.807) is 12.1 Å². The molecular formula is C14H21Cl2N3O2S. The Bertz CT molecular complexity index is 633. The van der Waals surface area contributed by atoms with Gasteiger partial charge in [0.2, 0.25) is 0 Å². The predicted molar refractivity (Wildman–Crippen MR) is 93.6 cm³/mol. The highest BCUT2D eigenvalue weighted by Gasteiger charge is 2.09. The second-order valence-corrected chi connectivity index (χ2v) is 8.04. The molecule has 0 aliphatic carbocycles. The summed E-state index contributed by atoms with van der Waals surface area (Å²) < 4.78 is 22.3. The lowest BCUT2D eigenvalue weighted by molar-refractivity contribution is 0.477. The quantitative estimate of drug-likeness (QED) is 0.621. The maximum Gasteiger partial charge on any atom is 0.193 e. The van der Waals surface area contributed by atoms with Gasteiger partial charge in [-0.05, 0) is 24.6 Å². The fourth-order valence-electron chi connectivity index (χ4n) is 1.77. The molecule has 124 valence electrons. The van der Waals surface area contributed by atoms with E-state index >= 15 is 0 Å². The second-order valence-electron chi connectivity index (χ2n) is 4.97. The third-order valence-electron chi connectivity index (χ3n) is 2.82. The first-order chi connectivity index (χ1) is 10.2. The number of sulfone groups is 1. The highest BCUT2D eigenvalue weighted by atomic mass is 35.5. The highest BCUT2D eigenvalue weighted by molar-refractivity contribution is 7.90. The monoisotopic (exact) mass is 365 g/mol. The van der Waals surface area contributed by atoms with E-state index in [2.05, 4.69) is 10.3 Å². The molecule has 8 heteroatoms. The summed E-state index contributed by atoms with van der Waals surface area (Å²) in [6.45, 7) is 3.47. The number of hydrogen-bond donors (Lipinski definition) is 1. The molecule has 0 saturated heterocycles. The fraction of sp³-hybridized carbons (Fsp3) is 0.500. The van der Waals surface area contributed by atoms with Crippen molar-refractivity contribution >= 4 is 39.0 Å². The Morgan fingerprint density at radius 3 is 2.55 bits per heavy atom. The van der Waals surface area contributed by atoms with Crippen molar-refractivity contribution < 1.29 is 8.42 Å². The lowest BCUT2D eigenvalue weighted by Gasteiger charge is -2.22. The van der Waals surface area contributed by atoms with E-state index in [-0.39, 0.29) is 12.3 Å². The van der Waals surface area contributed by atoms with Crippen molar-refractivity contribution in [3.05, 3.63) is 33.8 Å². The zero-order valence-corrected chi connectivity index (χ0v) is 15.3. The number of hydrogen-bond acceptors (Lipinski definition) is 3. The zero-order valence-electron chi connectivity index (χ0n) is 12.9. The van der Waals surface area contributed by atoms with Crippen molar-refractivity contribution in [1.82, 2.24) is 10.2 Å². The topological polar surface area (TPSA) is 61.8 Å². The number of halogens is 2. The minimum Gasteiger partial charge on any atom is -0.357 e. The van der Waals surface area contributed by atoms with Gasteiger partial charge in [-0.2, -0.15) is 0 Å². The molecule has 0 fully saturated rings. The summed E-state index contributed by atoms with van der Waals surface area (Å²) >= 11 is 11.9. The second kappa shape index (κ2) is 8.60. The molecule has 5 nitrogen and oxygen atoms in total. The number of nitrogens with zero attached hydrogens (tertiary/aromatic N) is 2. The van der Waals surface area contributed by atoms with Crippen LogP contribution >= 0.6 is 23.2 Å². The van der Waals surface area contributed by atoms with Crippen LogP contribution in [0.25, 0.3) is 0 Å². The molecule has 0 amide bonds. The van der Waals surface area contributed by atoms with Gasteiger partial charge in [0.25, 0.3) is 0 Å². The van der Waals surface area contributed by atoms with Gasteiger partial charge >= 0.3 is 0 Å². The van der Waals surface area contributed by atoms with Gasteiger partial charge in [-0.3, -0.25) is 4.99 Å². The molecule has 1 aromatic rings. The molecule has 0 aliphatic rings. The van der Waals surface area contributed by atoms with E-state index in [9.17, 15) is 8.42 Å². The van der Waals surface area contributed by atoms with Crippen molar-refractivity contribution in [2.24, 2.45) is 4.99 Å². The smallest absolute Gasteiger partial charge is 0.193 e. The summed E-state index contributed by atoms with van der Waals surface area (Å²) in [5.41, 5.74) is 0.991. The molecule has 0 atom stereocenters. The number of nitrogens with one attached hydrogen (secondary N) is 1. The number of benzene rings is 1. The first-order valence-electron chi connectivity index (χ1n) is 6.84. The molecule has 1 aromatic carbocycles. The van der Waals surface area contributed by atoms with Crippen molar-refractivity contribution in [3.8, 4) is 0 Å². The summed E-state index contributed by atoms with van der Waals surface area (Å²) in [7, 11) is -1.14. The molecule has 22 heavy (non-hydrogen) atoms. The van der Waals surface area contributed by atoms with Crippen LogP contribution in [0, 0.1) is 0 Å². The van der Waals surface area contributed by atoms with E-state index < -0.39 is 9.84 Å². The van der Waals surface area contributed by atoms with Crippen LogP contribution in [-0.4, -0.2) is 51.4 Å². The minimum atomic E-state index is -3.02. The molecule has 0 bridgehead atoms. The van der Waals surface area contributed by atoms with Crippen molar-refractivity contribution in [2.75, 3.05) is 32.1 Å². The lowest BCUT2D eigenvalue weighted by atomic mass is 10.2. The third kappa shape index (κ3) is 6.85. The number of aliphatic imine (C=N–C) groups is 1. The maximum absolute atomic E-state index is 11.2. The number of rotatable bonds is 6. The van der Waals surface area contributed by atoms with Crippen LogP contribution in [0.2, 0.25) is 10.0 Å². The van der Waals surface area contributed by atoms with Crippen LogP contribution in [0.4, 0.5) is 0 Å². The first-order valence-corrected chi connectivity index (χ1v) is 9.65. The Morgan fingerprint density at radius 1 is 1.32 bits per heavy atom. The van der Waals surface area contributed by atoms with E-state index in [1.165, 1.54) is 6.26 Å². The summed E-state index contributed by atoms with van der Waals surface area (Å²) in [5, 5.41) is 4.16. The van der Waals surface area contributed by atoms with Gasteiger partial charge in [0.05, 0.1) is 22.3 Å². The van der Waals surface area contributed by atoms with Gasteiger partial charge < -0.3 is 10.2 Å². The Labute approximate surface area is 142 Å². The molecule has 0 heterocycles. The lowest BCUT2D eigenvalue weighted by Crippen LogP contribution is -2.38. The van der Waals surface area contributed by atoms with E-state index in [1.807, 2.05) is 24.9 Å². The van der Waals surface area contributed by atoms with E-state index in [0.29, 0.717) is 29.1 Å². The Morgan fingerprint density at radius 2 is 2.00 bits per heavy atom. The number of guanidine groups is 1. The standard InChI is InChI=1S/C14H21Cl2N3O2S/c1-4-17-14(18-7-8-22(3,20)21)19(2)10-11-5-6-12(15)13(16)9-11/h5-6,9H,4,7-8,10H2,1-3H3,(H,17,18). The van der Waals surface area contributed by atoms with Gasteiger partial charge in [-0.25, -0.2) is 8.42 Å².